The summed E-state index contributed by atoms with van der Waals surface area (Å²) in [5, 5.41) is 0. The standard InChI is InChI=1S/C2H7BO3P/c1-2-5-3-6-7-4/h4,7H,2H2,1H3. The minimum atomic E-state index is -0.513. The van der Waals surface area contributed by atoms with Crippen molar-refractivity contribution in [1.82, 2.24) is 0 Å². The van der Waals surface area contributed by atoms with Crippen LogP contribution in [-0.4, -0.2) is 19.2 Å². The normalized spacial score (nSPS) is 10.6. The predicted molar refractivity (Wildman–Crippen MR) is 29.0 cm³/mol. The molecular formula is C2H7BO3P. The molecule has 0 aromatic heterocycles. The van der Waals surface area contributed by atoms with Gasteiger partial charge in [-0.25, -0.2) is 0 Å². The Hall–Kier alpha value is 0.375. The third-order valence-corrected chi connectivity index (χ3v) is 0.537. The van der Waals surface area contributed by atoms with E-state index in [1.807, 2.05) is 6.92 Å². The van der Waals surface area contributed by atoms with Crippen molar-refractivity contribution < 1.29 is 14.0 Å². The number of rotatable bonds is 4. The fraction of sp³-hybridized carbons (Fsp3) is 1.00. The van der Waals surface area contributed by atoms with Crippen molar-refractivity contribution in [2.45, 2.75) is 6.92 Å². The molecule has 0 saturated carbocycles. The van der Waals surface area contributed by atoms with Crippen molar-refractivity contribution >= 4 is 16.7 Å². The van der Waals surface area contributed by atoms with Gasteiger partial charge >= 0.3 is 7.69 Å². The minimum absolute atomic E-state index is 0.513. The van der Waals surface area contributed by atoms with Crippen LogP contribution < -0.4 is 0 Å². The van der Waals surface area contributed by atoms with Crippen molar-refractivity contribution in [1.29, 1.82) is 0 Å². The lowest BCUT2D eigenvalue weighted by Gasteiger charge is -1.92. The van der Waals surface area contributed by atoms with Gasteiger partial charge in [0.25, 0.3) is 0 Å². The first-order valence-electron chi connectivity index (χ1n) is 1.89. The van der Waals surface area contributed by atoms with Gasteiger partial charge in [0.05, 0.1) is 0 Å². The van der Waals surface area contributed by atoms with Crippen molar-refractivity contribution in [3.8, 4) is 0 Å². The maximum Gasteiger partial charge on any atom is 0.492 e. The van der Waals surface area contributed by atoms with Gasteiger partial charge in [-0.2, -0.15) is 0 Å². The molecule has 0 aliphatic rings. The zero-order valence-corrected chi connectivity index (χ0v) is 5.05. The third-order valence-electron chi connectivity index (χ3n) is 0.336. The lowest BCUT2D eigenvalue weighted by Crippen LogP contribution is -1.96. The molecule has 1 radical (unpaired) electrons. The Balaban J connectivity index is 2.45. The predicted octanol–water partition coefficient (Wildman–Crippen LogP) is 0.0745. The minimum Gasteiger partial charge on any atom is -0.413 e. The van der Waals surface area contributed by atoms with Crippen LogP contribution in [0.3, 0.4) is 0 Å². The molecule has 3 nitrogen and oxygen atoms in total. The topological polar surface area (TPSA) is 38.7 Å². The highest BCUT2D eigenvalue weighted by Gasteiger charge is 1.86. The molecular weight excluding hydrogens is 114 g/mol. The van der Waals surface area contributed by atoms with Gasteiger partial charge in [-0.05, 0) is 6.92 Å². The summed E-state index contributed by atoms with van der Waals surface area (Å²) in [7, 11) is 0.611. The summed E-state index contributed by atoms with van der Waals surface area (Å²) in [6.45, 7) is 2.41. The molecule has 1 atom stereocenters. The smallest absolute Gasteiger partial charge is 0.413 e. The first-order chi connectivity index (χ1) is 3.41. The van der Waals surface area contributed by atoms with E-state index in [4.69, 9.17) is 4.89 Å². The Kier molecular flexibility index (Phi) is 6.72. The van der Waals surface area contributed by atoms with Crippen molar-refractivity contribution in [3.05, 3.63) is 0 Å². The summed E-state index contributed by atoms with van der Waals surface area (Å²) in [5.41, 5.74) is 0. The van der Waals surface area contributed by atoms with Crippen molar-refractivity contribution in [3.63, 3.8) is 0 Å². The Labute approximate surface area is 45.3 Å². The summed E-state index contributed by atoms with van der Waals surface area (Å²) < 4.78 is 8.88. The molecule has 0 spiro atoms. The van der Waals surface area contributed by atoms with Gasteiger partial charge in [0, 0.05) is 6.61 Å². The van der Waals surface area contributed by atoms with Gasteiger partial charge in [-0.1, -0.05) is 0 Å². The maximum atomic E-state index is 7.99. The fourth-order valence-electron chi connectivity index (χ4n) is 0.124. The summed E-state index contributed by atoms with van der Waals surface area (Å²) >= 11 is 0. The van der Waals surface area contributed by atoms with Gasteiger partial charge < -0.3 is 14.0 Å². The molecule has 0 aromatic rings. The highest BCUT2D eigenvalue weighted by molar-refractivity contribution is 7.26. The molecule has 0 amide bonds. The molecule has 0 aliphatic heterocycles. The second-order valence-electron chi connectivity index (χ2n) is 0.761. The molecule has 0 fully saturated rings. The average molecular weight is 121 g/mol. The first kappa shape index (κ1) is 7.37. The summed E-state index contributed by atoms with van der Waals surface area (Å²) in [6, 6.07) is 0. The van der Waals surface area contributed by atoms with Gasteiger partial charge in [0.2, 0.25) is 0 Å². The van der Waals surface area contributed by atoms with Crippen LogP contribution in [-0.2, 0) is 9.10 Å². The Bertz CT molecular complexity index is 32.1. The number of hydrogen-bond donors (Lipinski definition) is 1. The van der Waals surface area contributed by atoms with Crippen LogP contribution in [0.25, 0.3) is 0 Å². The monoisotopic (exact) mass is 121 g/mol. The largest absolute Gasteiger partial charge is 0.492 e. The molecule has 1 unspecified atom stereocenters. The molecule has 5 heteroatoms. The van der Waals surface area contributed by atoms with E-state index in [-0.39, 0.29) is 0 Å². The lowest BCUT2D eigenvalue weighted by molar-refractivity contribution is 0.310. The Morgan fingerprint density at radius 3 is 3.00 bits per heavy atom. The molecule has 7 heavy (non-hydrogen) atoms. The van der Waals surface area contributed by atoms with E-state index in [2.05, 4.69) is 9.10 Å². The van der Waals surface area contributed by atoms with Crippen LogP contribution in [0.1, 0.15) is 6.92 Å². The molecule has 1 N–H and O–H groups in total. The van der Waals surface area contributed by atoms with Crippen LogP contribution in [0.4, 0.5) is 0 Å². The fourth-order valence-corrected chi connectivity index (χ4v) is 0.235. The van der Waals surface area contributed by atoms with Gasteiger partial charge in [-0.3, -0.25) is 0 Å². The lowest BCUT2D eigenvalue weighted by atomic mass is 10.4. The van der Waals surface area contributed by atoms with Crippen LogP contribution >= 0.6 is 9.03 Å². The van der Waals surface area contributed by atoms with Gasteiger partial charge in [-0.15, -0.1) is 0 Å². The molecule has 0 heterocycles. The van der Waals surface area contributed by atoms with E-state index < -0.39 is 9.03 Å². The SMILES string of the molecule is CCO[B]OPO. The maximum absolute atomic E-state index is 7.99. The van der Waals surface area contributed by atoms with E-state index in [0.717, 1.165) is 7.69 Å². The van der Waals surface area contributed by atoms with Crippen LogP contribution in [0.15, 0.2) is 0 Å². The van der Waals surface area contributed by atoms with Crippen LogP contribution in [0.5, 0.6) is 0 Å². The van der Waals surface area contributed by atoms with Gasteiger partial charge in [0.15, 0.2) is 0 Å². The first-order valence-corrected chi connectivity index (χ1v) is 2.75. The second-order valence-corrected chi connectivity index (χ2v) is 1.18. The van der Waals surface area contributed by atoms with Crippen molar-refractivity contribution in [2.24, 2.45) is 0 Å². The van der Waals surface area contributed by atoms with E-state index >= 15 is 0 Å². The van der Waals surface area contributed by atoms with Gasteiger partial charge in [0.1, 0.15) is 9.03 Å². The third kappa shape index (κ3) is 6.37. The summed E-state index contributed by atoms with van der Waals surface area (Å²) in [5.74, 6) is 0. The highest BCUT2D eigenvalue weighted by Crippen LogP contribution is 1.99. The second kappa shape index (κ2) is 6.37. The summed E-state index contributed by atoms with van der Waals surface area (Å²) in [6.07, 6.45) is 0. The van der Waals surface area contributed by atoms with Crippen LogP contribution in [0, 0.1) is 0 Å². The molecule has 0 saturated heterocycles. The Morgan fingerprint density at radius 1 is 1.86 bits per heavy atom. The summed E-state index contributed by atoms with van der Waals surface area (Å²) in [4.78, 5) is 7.99. The Morgan fingerprint density at radius 2 is 2.57 bits per heavy atom. The zero-order chi connectivity index (χ0) is 5.54. The molecule has 0 bridgehead atoms. The highest BCUT2D eigenvalue weighted by atomic mass is 31.1. The molecule has 0 rings (SSSR count). The number of hydrogen-bond acceptors (Lipinski definition) is 3. The molecule has 0 aliphatic carbocycles. The van der Waals surface area contributed by atoms with E-state index in [1.165, 1.54) is 0 Å². The van der Waals surface area contributed by atoms with Crippen LogP contribution in [0.2, 0.25) is 0 Å². The molecule has 41 valence electrons. The quantitative estimate of drug-likeness (QED) is 0.325. The van der Waals surface area contributed by atoms with E-state index in [1.54, 1.807) is 0 Å². The van der Waals surface area contributed by atoms with E-state index in [9.17, 15) is 0 Å². The van der Waals surface area contributed by atoms with E-state index in [0.29, 0.717) is 6.61 Å². The average Bonchev–Trinajstić information content (AvgIpc) is 1.69. The molecule has 0 aromatic carbocycles. The zero-order valence-electron chi connectivity index (χ0n) is 4.05. The van der Waals surface area contributed by atoms with Crippen molar-refractivity contribution in [2.75, 3.05) is 6.61 Å².